The number of benzene rings is 1. The number of nitrogens with zero attached hydrogens (tertiary/aromatic N) is 1. The van der Waals surface area contributed by atoms with E-state index < -0.39 is 0 Å². The van der Waals surface area contributed by atoms with E-state index in [0.29, 0.717) is 22.9 Å². The molecule has 0 spiro atoms. The van der Waals surface area contributed by atoms with Crippen molar-refractivity contribution in [3.63, 3.8) is 0 Å². The average Bonchev–Trinajstić information content (AvgIpc) is 2.38. The lowest BCUT2D eigenvalue weighted by molar-refractivity contribution is -0.0565. The first-order valence-corrected chi connectivity index (χ1v) is 7.29. The summed E-state index contributed by atoms with van der Waals surface area (Å²) in [5.74, 6) is 0.366. The van der Waals surface area contributed by atoms with Crippen molar-refractivity contribution in [2.45, 2.75) is 26.0 Å². The van der Waals surface area contributed by atoms with Gasteiger partial charge in [0.1, 0.15) is 24.3 Å². The van der Waals surface area contributed by atoms with E-state index in [9.17, 15) is 4.39 Å². The lowest BCUT2D eigenvalue weighted by Crippen LogP contribution is -2.47. The van der Waals surface area contributed by atoms with Crippen LogP contribution >= 0.6 is 15.9 Å². The van der Waals surface area contributed by atoms with Crippen LogP contribution in [0.25, 0.3) is 0 Å². The Hall–Kier alpha value is -0.650. The fraction of sp³-hybridized carbons (Fsp3) is 0.571. The number of halogens is 2. The smallest absolute Gasteiger partial charge is 0.133 e. The lowest BCUT2D eigenvalue weighted by atomic mass is 10.2. The van der Waals surface area contributed by atoms with Crippen molar-refractivity contribution in [1.29, 1.82) is 0 Å². The molecule has 1 atom stereocenters. The third kappa shape index (κ3) is 4.16. The van der Waals surface area contributed by atoms with Crippen molar-refractivity contribution in [3.8, 4) is 5.75 Å². The number of morpholine rings is 1. The van der Waals surface area contributed by atoms with Crippen LogP contribution in [-0.2, 0) is 4.74 Å². The Balaban J connectivity index is 1.88. The molecular formula is C14H19BrFNO2. The molecule has 106 valence electrons. The van der Waals surface area contributed by atoms with Gasteiger partial charge in [0.2, 0.25) is 0 Å². The molecular weight excluding hydrogens is 313 g/mol. The number of hydrogen-bond donors (Lipinski definition) is 0. The zero-order valence-corrected chi connectivity index (χ0v) is 12.8. The number of ether oxygens (including phenoxy) is 2. The van der Waals surface area contributed by atoms with Crippen LogP contribution in [-0.4, -0.2) is 43.3 Å². The van der Waals surface area contributed by atoms with Crippen molar-refractivity contribution < 1.29 is 13.9 Å². The van der Waals surface area contributed by atoms with Crippen LogP contribution in [0.5, 0.6) is 5.75 Å². The van der Waals surface area contributed by atoms with Crippen molar-refractivity contribution in [3.05, 3.63) is 28.5 Å². The van der Waals surface area contributed by atoms with Gasteiger partial charge in [-0.2, -0.15) is 0 Å². The summed E-state index contributed by atoms with van der Waals surface area (Å²) < 4.78 is 25.0. The summed E-state index contributed by atoms with van der Waals surface area (Å²) in [7, 11) is 0. The standard InChI is InChI=1S/C14H19BrFNO2/c1-10(2)17-5-6-18-12(8-17)9-19-14-4-3-11(16)7-13(14)15/h3-4,7,10,12H,5-6,8-9H2,1-2H3. The van der Waals surface area contributed by atoms with E-state index in [-0.39, 0.29) is 11.9 Å². The molecule has 2 rings (SSSR count). The largest absolute Gasteiger partial charge is 0.490 e. The van der Waals surface area contributed by atoms with E-state index in [2.05, 4.69) is 34.7 Å². The van der Waals surface area contributed by atoms with Crippen molar-refractivity contribution in [1.82, 2.24) is 4.90 Å². The minimum Gasteiger partial charge on any atom is -0.490 e. The minimum atomic E-state index is -0.279. The monoisotopic (exact) mass is 331 g/mol. The molecule has 1 aromatic rings. The molecule has 1 fully saturated rings. The third-order valence-electron chi connectivity index (χ3n) is 3.22. The molecule has 0 aromatic heterocycles. The average molecular weight is 332 g/mol. The molecule has 0 N–H and O–H groups in total. The van der Waals surface area contributed by atoms with Gasteiger partial charge in [0, 0.05) is 19.1 Å². The SMILES string of the molecule is CC(C)N1CCOC(COc2ccc(F)cc2Br)C1. The Morgan fingerprint density at radius 1 is 1.53 bits per heavy atom. The van der Waals surface area contributed by atoms with Gasteiger partial charge in [-0.05, 0) is 48.0 Å². The second kappa shape index (κ2) is 6.68. The molecule has 0 radical (unpaired) electrons. The van der Waals surface area contributed by atoms with Gasteiger partial charge < -0.3 is 9.47 Å². The van der Waals surface area contributed by atoms with Gasteiger partial charge in [0.05, 0.1) is 11.1 Å². The van der Waals surface area contributed by atoms with Gasteiger partial charge >= 0.3 is 0 Å². The zero-order chi connectivity index (χ0) is 13.8. The first-order valence-electron chi connectivity index (χ1n) is 6.50. The van der Waals surface area contributed by atoms with Gasteiger partial charge in [-0.25, -0.2) is 4.39 Å². The van der Waals surface area contributed by atoms with E-state index in [0.717, 1.165) is 19.7 Å². The van der Waals surface area contributed by atoms with Crippen LogP contribution in [0.15, 0.2) is 22.7 Å². The molecule has 1 aromatic carbocycles. The fourth-order valence-electron chi connectivity index (χ4n) is 2.09. The Morgan fingerprint density at radius 3 is 3.00 bits per heavy atom. The van der Waals surface area contributed by atoms with Crippen LogP contribution in [0.4, 0.5) is 4.39 Å². The van der Waals surface area contributed by atoms with Crippen LogP contribution in [0.3, 0.4) is 0 Å². The molecule has 1 aliphatic rings. The molecule has 1 aliphatic heterocycles. The summed E-state index contributed by atoms with van der Waals surface area (Å²) >= 11 is 3.29. The second-order valence-electron chi connectivity index (χ2n) is 4.97. The van der Waals surface area contributed by atoms with Crippen molar-refractivity contribution in [2.24, 2.45) is 0 Å². The topological polar surface area (TPSA) is 21.7 Å². The summed E-state index contributed by atoms with van der Waals surface area (Å²) in [4.78, 5) is 2.37. The quantitative estimate of drug-likeness (QED) is 0.846. The molecule has 0 aliphatic carbocycles. The van der Waals surface area contributed by atoms with E-state index >= 15 is 0 Å². The summed E-state index contributed by atoms with van der Waals surface area (Å²) in [5, 5.41) is 0. The van der Waals surface area contributed by atoms with Gasteiger partial charge in [-0.1, -0.05) is 0 Å². The molecule has 3 nitrogen and oxygen atoms in total. The Morgan fingerprint density at radius 2 is 2.32 bits per heavy atom. The van der Waals surface area contributed by atoms with Crippen LogP contribution in [0, 0.1) is 5.82 Å². The molecule has 5 heteroatoms. The highest BCUT2D eigenvalue weighted by molar-refractivity contribution is 9.10. The van der Waals surface area contributed by atoms with Crippen LogP contribution < -0.4 is 4.74 Å². The van der Waals surface area contributed by atoms with Crippen LogP contribution in [0.2, 0.25) is 0 Å². The molecule has 1 saturated heterocycles. The number of rotatable bonds is 4. The van der Waals surface area contributed by atoms with Crippen molar-refractivity contribution in [2.75, 3.05) is 26.3 Å². The van der Waals surface area contributed by atoms with E-state index in [1.54, 1.807) is 6.07 Å². The van der Waals surface area contributed by atoms with Gasteiger partial charge in [-0.3, -0.25) is 4.90 Å². The first kappa shape index (κ1) is 14.8. The van der Waals surface area contributed by atoms with E-state index in [4.69, 9.17) is 9.47 Å². The first-order chi connectivity index (χ1) is 9.06. The maximum absolute atomic E-state index is 13.0. The third-order valence-corrected chi connectivity index (χ3v) is 3.84. The zero-order valence-electron chi connectivity index (χ0n) is 11.2. The maximum Gasteiger partial charge on any atom is 0.133 e. The highest BCUT2D eigenvalue weighted by Crippen LogP contribution is 2.25. The van der Waals surface area contributed by atoms with Crippen molar-refractivity contribution >= 4 is 15.9 Å². The molecule has 1 heterocycles. The van der Waals surface area contributed by atoms with Gasteiger partial charge in [0.25, 0.3) is 0 Å². The van der Waals surface area contributed by atoms with E-state index in [1.165, 1.54) is 12.1 Å². The Kier molecular flexibility index (Phi) is 5.19. The predicted molar refractivity (Wildman–Crippen MR) is 76.0 cm³/mol. The summed E-state index contributed by atoms with van der Waals surface area (Å²) in [6, 6.07) is 4.94. The highest BCUT2D eigenvalue weighted by Gasteiger charge is 2.22. The second-order valence-corrected chi connectivity index (χ2v) is 5.82. The predicted octanol–water partition coefficient (Wildman–Crippen LogP) is 3.08. The Labute approximate surface area is 121 Å². The van der Waals surface area contributed by atoms with Gasteiger partial charge in [0.15, 0.2) is 0 Å². The Bertz CT molecular complexity index is 428. The molecule has 1 unspecified atom stereocenters. The molecule has 0 saturated carbocycles. The summed E-state index contributed by atoms with van der Waals surface area (Å²) in [5.41, 5.74) is 0. The van der Waals surface area contributed by atoms with E-state index in [1.807, 2.05) is 0 Å². The van der Waals surface area contributed by atoms with Crippen LogP contribution in [0.1, 0.15) is 13.8 Å². The lowest BCUT2D eigenvalue weighted by Gasteiger charge is -2.35. The highest BCUT2D eigenvalue weighted by atomic mass is 79.9. The minimum absolute atomic E-state index is 0.0631. The maximum atomic E-state index is 13.0. The normalized spacial score (nSPS) is 20.8. The number of hydrogen-bond acceptors (Lipinski definition) is 3. The molecule has 0 bridgehead atoms. The fourth-order valence-corrected chi connectivity index (χ4v) is 2.55. The molecule has 0 amide bonds. The molecule has 19 heavy (non-hydrogen) atoms. The van der Waals surface area contributed by atoms with Gasteiger partial charge in [-0.15, -0.1) is 0 Å². The summed E-state index contributed by atoms with van der Waals surface area (Å²) in [6.07, 6.45) is 0.0631. The summed E-state index contributed by atoms with van der Waals surface area (Å²) in [6.45, 7) is 7.41.